The summed E-state index contributed by atoms with van der Waals surface area (Å²) in [6, 6.07) is 0.248. The van der Waals surface area contributed by atoms with Gasteiger partial charge in [-0.3, -0.25) is 19.3 Å². The highest BCUT2D eigenvalue weighted by molar-refractivity contribution is 5.80. The molecule has 0 spiro atoms. The van der Waals surface area contributed by atoms with E-state index in [2.05, 4.69) is 10.2 Å². The molecule has 8 heteroatoms. The van der Waals surface area contributed by atoms with Gasteiger partial charge in [-0.2, -0.15) is 0 Å². The van der Waals surface area contributed by atoms with Crippen molar-refractivity contribution in [3.05, 3.63) is 0 Å². The summed E-state index contributed by atoms with van der Waals surface area (Å²) in [7, 11) is 0. The van der Waals surface area contributed by atoms with Gasteiger partial charge in [0.25, 0.3) is 6.47 Å². The third-order valence-electron chi connectivity index (χ3n) is 4.46. The Morgan fingerprint density at radius 2 is 2.00 bits per heavy atom. The molecule has 2 saturated heterocycles. The van der Waals surface area contributed by atoms with Gasteiger partial charge in [0.1, 0.15) is 0 Å². The van der Waals surface area contributed by atoms with Gasteiger partial charge >= 0.3 is 0 Å². The van der Waals surface area contributed by atoms with Gasteiger partial charge in [-0.05, 0) is 25.8 Å². The van der Waals surface area contributed by atoms with E-state index in [1.807, 2.05) is 0 Å². The quantitative estimate of drug-likeness (QED) is 0.546. The largest absolute Gasteiger partial charge is 0.483 e. The summed E-state index contributed by atoms with van der Waals surface area (Å²) >= 11 is 0. The molecule has 0 aliphatic carbocycles. The van der Waals surface area contributed by atoms with Crippen molar-refractivity contribution in [1.29, 1.82) is 0 Å². The Bertz CT molecular complexity index is 405. The molecule has 0 aromatic rings. The van der Waals surface area contributed by atoms with E-state index in [-0.39, 0.29) is 30.9 Å². The average molecular weight is 343 g/mol. The maximum atomic E-state index is 11.8. The standard InChI is InChI=1S/C15H27N3O3.CH2O2/c19-12-13-4-1-2-8-17(13)11-7-16-14(20)6-10-18-9-3-5-15(18)21;2-1-3/h13,19H,1-12H2,(H,16,20);1H,(H,2,3). The highest BCUT2D eigenvalue weighted by Gasteiger charge is 2.22. The van der Waals surface area contributed by atoms with Gasteiger partial charge in [0.2, 0.25) is 11.8 Å². The lowest BCUT2D eigenvalue weighted by atomic mass is 10.0. The summed E-state index contributed by atoms with van der Waals surface area (Å²) in [5, 5.41) is 19.1. The van der Waals surface area contributed by atoms with Crippen LogP contribution < -0.4 is 5.32 Å². The zero-order valence-corrected chi connectivity index (χ0v) is 14.2. The van der Waals surface area contributed by atoms with Crippen LogP contribution in [0.15, 0.2) is 0 Å². The molecule has 2 aliphatic heterocycles. The molecule has 138 valence electrons. The van der Waals surface area contributed by atoms with Crippen molar-refractivity contribution in [2.75, 3.05) is 39.3 Å². The third kappa shape index (κ3) is 7.27. The second kappa shape index (κ2) is 11.8. The second-order valence-corrected chi connectivity index (χ2v) is 6.06. The van der Waals surface area contributed by atoms with E-state index >= 15 is 0 Å². The fourth-order valence-electron chi connectivity index (χ4n) is 3.17. The predicted molar refractivity (Wildman–Crippen MR) is 88.4 cm³/mol. The number of rotatable bonds is 7. The Labute approximate surface area is 142 Å². The Balaban J connectivity index is 0.000000891. The van der Waals surface area contributed by atoms with Crippen LogP contribution in [0.3, 0.4) is 0 Å². The van der Waals surface area contributed by atoms with E-state index in [9.17, 15) is 14.7 Å². The van der Waals surface area contributed by atoms with Crippen molar-refractivity contribution in [2.24, 2.45) is 0 Å². The lowest BCUT2D eigenvalue weighted by molar-refractivity contribution is -0.128. The number of likely N-dealkylation sites (tertiary alicyclic amines) is 2. The third-order valence-corrected chi connectivity index (χ3v) is 4.46. The Morgan fingerprint density at radius 3 is 2.62 bits per heavy atom. The van der Waals surface area contributed by atoms with E-state index in [1.54, 1.807) is 4.90 Å². The topological polar surface area (TPSA) is 110 Å². The van der Waals surface area contributed by atoms with Crippen LogP contribution in [0.5, 0.6) is 0 Å². The fourth-order valence-corrected chi connectivity index (χ4v) is 3.17. The van der Waals surface area contributed by atoms with Crippen molar-refractivity contribution < 1.29 is 24.6 Å². The minimum atomic E-state index is -0.250. The SMILES string of the molecule is O=C(CCN1CCCC1=O)NCCN1CCCCC1CO.O=CO. The summed E-state index contributed by atoms with van der Waals surface area (Å²) in [5.74, 6) is 0.175. The minimum Gasteiger partial charge on any atom is -0.483 e. The van der Waals surface area contributed by atoms with E-state index in [4.69, 9.17) is 9.90 Å². The molecule has 0 saturated carbocycles. The number of nitrogens with one attached hydrogen (secondary N) is 1. The molecule has 1 atom stereocenters. The van der Waals surface area contributed by atoms with Gasteiger partial charge in [-0.1, -0.05) is 6.42 Å². The molecule has 0 bridgehead atoms. The molecule has 8 nitrogen and oxygen atoms in total. The maximum Gasteiger partial charge on any atom is 0.290 e. The highest BCUT2D eigenvalue weighted by atomic mass is 16.3. The number of nitrogens with zero attached hydrogens (tertiary/aromatic N) is 2. The van der Waals surface area contributed by atoms with Gasteiger partial charge in [0, 0.05) is 45.1 Å². The lowest BCUT2D eigenvalue weighted by Gasteiger charge is -2.34. The van der Waals surface area contributed by atoms with Gasteiger partial charge in [-0.15, -0.1) is 0 Å². The number of hydrogen-bond donors (Lipinski definition) is 3. The van der Waals surface area contributed by atoms with Crippen LogP contribution in [0, 0.1) is 0 Å². The number of aliphatic hydroxyl groups excluding tert-OH is 1. The summed E-state index contributed by atoms with van der Waals surface area (Å²) in [6.45, 7) is 3.68. The van der Waals surface area contributed by atoms with Crippen molar-refractivity contribution in [3.8, 4) is 0 Å². The molecule has 1 unspecified atom stereocenters. The molecule has 24 heavy (non-hydrogen) atoms. The van der Waals surface area contributed by atoms with Crippen LogP contribution in [0.2, 0.25) is 0 Å². The Kier molecular flexibility index (Phi) is 10.0. The van der Waals surface area contributed by atoms with Crippen LogP contribution >= 0.6 is 0 Å². The summed E-state index contributed by atoms with van der Waals surface area (Å²) in [4.78, 5) is 35.6. The average Bonchev–Trinajstić information content (AvgIpc) is 2.99. The molecule has 2 aliphatic rings. The van der Waals surface area contributed by atoms with E-state index in [0.29, 0.717) is 25.9 Å². The summed E-state index contributed by atoms with van der Waals surface area (Å²) < 4.78 is 0. The Morgan fingerprint density at radius 1 is 1.25 bits per heavy atom. The molecule has 0 aromatic carbocycles. The molecule has 2 amide bonds. The molecular weight excluding hydrogens is 314 g/mol. The molecule has 0 aromatic heterocycles. The van der Waals surface area contributed by atoms with Crippen LogP contribution in [0.25, 0.3) is 0 Å². The van der Waals surface area contributed by atoms with Gasteiger partial charge in [0.15, 0.2) is 0 Å². The zero-order valence-electron chi connectivity index (χ0n) is 14.2. The number of aliphatic hydroxyl groups is 1. The van der Waals surface area contributed by atoms with Crippen LogP contribution in [0.1, 0.15) is 38.5 Å². The zero-order chi connectivity index (χ0) is 17.8. The number of carboxylic acid groups (broad SMARTS) is 1. The van der Waals surface area contributed by atoms with E-state index in [0.717, 1.165) is 32.5 Å². The van der Waals surface area contributed by atoms with E-state index in [1.165, 1.54) is 12.8 Å². The first-order valence-electron chi connectivity index (χ1n) is 8.59. The number of carbonyl (C=O) groups is 3. The van der Waals surface area contributed by atoms with E-state index < -0.39 is 0 Å². The van der Waals surface area contributed by atoms with Crippen LogP contribution in [-0.4, -0.2) is 83.7 Å². The maximum absolute atomic E-state index is 11.8. The molecule has 2 rings (SSSR count). The van der Waals surface area contributed by atoms with Crippen molar-refractivity contribution in [2.45, 2.75) is 44.6 Å². The number of piperidine rings is 1. The number of hydrogen-bond acceptors (Lipinski definition) is 5. The van der Waals surface area contributed by atoms with Gasteiger partial charge in [0.05, 0.1) is 6.61 Å². The monoisotopic (exact) mass is 343 g/mol. The second-order valence-electron chi connectivity index (χ2n) is 6.06. The minimum absolute atomic E-state index is 0.00672. The lowest BCUT2D eigenvalue weighted by Crippen LogP contribution is -2.45. The summed E-state index contributed by atoms with van der Waals surface area (Å²) in [5.41, 5.74) is 0. The number of amides is 2. The van der Waals surface area contributed by atoms with Gasteiger partial charge in [-0.25, -0.2) is 0 Å². The van der Waals surface area contributed by atoms with Crippen molar-refractivity contribution in [3.63, 3.8) is 0 Å². The first-order chi connectivity index (χ1) is 11.6. The van der Waals surface area contributed by atoms with Crippen LogP contribution in [0.4, 0.5) is 0 Å². The Hall–Kier alpha value is -1.67. The fraction of sp³-hybridized carbons (Fsp3) is 0.812. The van der Waals surface area contributed by atoms with Gasteiger partial charge < -0.3 is 20.4 Å². The normalized spacial score (nSPS) is 21.1. The van der Waals surface area contributed by atoms with Crippen LogP contribution in [-0.2, 0) is 14.4 Å². The molecular formula is C16H29N3O5. The smallest absolute Gasteiger partial charge is 0.290 e. The highest BCUT2D eigenvalue weighted by Crippen LogP contribution is 2.15. The first kappa shape index (κ1) is 20.4. The van der Waals surface area contributed by atoms with Crippen molar-refractivity contribution in [1.82, 2.24) is 15.1 Å². The molecule has 3 N–H and O–H groups in total. The molecule has 2 fully saturated rings. The molecule has 2 heterocycles. The summed E-state index contributed by atoms with van der Waals surface area (Å²) in [6.07, 6.45) is 5.31. The predicted octanol–water partition coefficient (Wildman–Crippen LogP) is -0.337. The van der Waals surface area contributed by atoms with Crippen molar-refractivity contribution >= 4 is 18.3 Å². The number of carbonyl (C=O) groups excluding carboxylic acids is 2. The molecule has 0 radical (unpaired) electrons. The first-order valence-corrected chi connectivity index (χ1v) is 8.59.